The molecule has 0 radical (unpaired) electrons. The van der Waals surface area contributed by atoms with Crippen LogP contribution in [0.25, 0.3) is 0 Å². The molecule has 1 amide bonds. The summed E-state index contributed by atoms with van der Waals surface area (Å²) in [5.74, 6) is 1.11. The molecular weight excluding hydrogens is 361 g/mol. The lowest BCUT2D eigenvalue weighted by Crippen LogP contribution is -2.45. The first-order valence-corrected chi connectivity index (χ1v) is 9.87. The maximum atomic E-state index is 12.5. The van der Waals surface area contributed by atoms with Gasteiger partial charge in [-0.05, 0) is 32.6 Å². The third-order valence-corrected chi connectivity index (χ3v) is 4.87. The molecule has 6 nitrogen and oxygen atoms in total. The van der Waals surface area contributed by atoms with Crippen molar-refractivity contribution in [3.63, 3.8) is 0 Å². The van der Waals surface area contributed by atoms with Gasteiger partial charge in [0.05, 0.1) is 0 Å². The van der Waals surface area contributed by atoms with E-state index >= 15 is 0 Å². The van der Waals surface area contributed by atoms with Crippen LogP contribution in [0.5, 0.6) is 0 Å². The van der Waals surface area contributed by atoms with E-state index in [0.29, 0.717) is 32.0 Å². The molecule has 9 heteroatoms. The van der Waals surface area contributed by atoms with Crippen LogP contribution in [0.15, 0.2) is 4.99 Å². The Balaban J connectivity index is 1.70. The maximum absolute atomic E-state index is 12.5. The minimum absolute atomic E-state index is 0.0233. The highest BCUT2D eigenvalue weighted by atomic mass is 19.4. The number of likely N-dealkylation sites (tertiary alicyclic amines) is 1. The number of guanidine groups is 1. The number of hydrogen-bond donors (Lipinski definition) is 2. The third kappa shape index (κ3) is 7.94. The first kappa shape index (κ1) is 21.8. The zero-order valence-corrected chi connectivity index (χ0v) is 16.0. The number of nitrogens with one attached hydrogen (secondary N) is 2. The lowest BCUT2D eigenvalue weighted by atomic mass is 10.1. The Hall–Kier alpha value is -1.51. The summed E-state index contributed by atoms with van der Waals surface area (Å²) < 4.78 is 40.6. The largest absolute Gasteiger partial charge is 0.411 e. The van der Waals surface area contributed by atoms with Gasteiger partial charge in [0.2, 0.25) is 5.91 Å². The highest BCUT2D eigenvalue weighted by Crippen LogP contribution is 2.27. The fourth-order valence-corrected chi connectivity index (χ4v) is 3.57. The molecule has 1 heterocycles. The van der Waals surface area contributed by atoms with Crippen molar-refractivity contribution in [1.82, 2.24) is 15.5 Å². The quantitative estimate of drug-likeness (QED) is 0.378. The van der Waals surface area contributed by atoms with Crippen LogP contribution in [0.3, 0.4) is 0 Å². The normalized spacial score (nSPS) is 21.7. The summed E-state index contributed by atoms with van der Waals surface area (Å²) in [6.45, 7) is 3.26. The standard InChI is InChI=1S/C18H31F3N4O2/c1-2-22-17(23-9-5-11-27-13-18(19,20)21)24-15-8-10-25(12-15)16(26)14-6-3-4-7-14/h14-15H,2-13H2,1H3,(H2,22,23,24). The van der Waals surface area contributed by atoms with E-state index in [4.69, 9.17) is 0 Å². The van der Waals surface area contributed by atoms with Crippen molar-refractivity contribution < 1.29 is 22.7 Å². The number of carbonyl (C=O) groups is 1. The highest BCUT2D eigenvalue weighted by Gasteiger charge is 2.32. The zero-order chi connectivity index (χ0) is 19.7. The Morgan fingerprint density at radius 2 is 2.00 bits per heavy atom. The fourth-order valence-electron chi connectivity index (χ4n) is 3.57. The van der Waals surface area contributed by atoms with E-state index in [0.717, 1.165) is 38.6 Å². The second-order valence-electron chi connectivity index (χ2n) is 7.18. The molecule has 1 aliphatic heterocycles. The van der Waals surface area contributed by atoms with Crippen LogP contribution < -0.4 is 10.6 Å². The summed E-state index contributed by atoms with van der Waals surface area (Å²) in [6, 6.07) is 0.148. The Bertz CT molecular complexity index is 493. The van der Waals surface area contributed by atoms with E-state index in [9.17, 15) is 18.0 Å². The second kappa shape index (κ2) is 10.7. The predicted octanol–water partition coefficient (Wildman–Crippen LogP) is 2.30. The van der Waals surface area contributed by atoms with Gasteiger partial charge in [0.1, 0.15) is 6.61 Å². The third-order valence-electron chi connectivity index (χ3n) is 4.87. The summed E-state index contributed by atoms with van der Waals surface area (Å²) in [6.07, 6.45) is 1.32. The molecule has 0 aromatic carbocycles. The van der Waals surface area contributed by atoms with Gasteiger partial charge in [-0.25, -0.2) is 0 Å². The number of alkyl halides is 3. The SMILES string of the molecule is CCNC(=NCCCOCC(F)(F)F)NC1CCN(C(=O)C2CCCC2)C1. The number of amides is 1. The molecule has 2 fully saturated rings. The lowest BCUT2D eigenvalue weighted by Gasteiger charge is -2.21. The Morgan fingerprint density at radius 3 is 2.67 bits per heavy atom. The second-order valence-corrected chi connectivity index (χ2v) is 7.18. The van der Waals surface area contributed by atoms with Crippen LogP contribution in [0, 0.1) is 5.92 Å². The molecule has 0 bridgehead atoms. The van der Waals surface area contributed by atoms with E-state index in [2.05, 4.69) is 20.4 Å². The Morgan fingerprint density at radius 1 is 1.26 bits per heavy atom. The number of ether oxygens (including phenoxy) is 1. The predicted molar refractivity (Wildman–Crippen MR) is 97.5 cm³/mol. The molecule has 27 heavy (non-hydrogen) atoms. The van der Waals surface area contributed by atoms with Gasteiger partial charge in [0, 0.05) is 44.7 Å². The van der Waals surface area contributed by atoms with Crippen molar-refractivity contribution in [1.29, 1.82) is 0 Å². The number of carbonyl (C=O) groups excluding carboxylic acids is 1. The van der Waals surface area contributed by atoms with Crippen molar-refractivity contribution >= 4 is 11.9 Å². The molecule has 2 aliphatic rings. The van der Waals surface area contributed by atoms with Gasteiger partial charge >= 0.3 is 6.18 Å². The molecule has 1 saturated heterocycles. The fraction of sp³-hybridized carbons (Fsp3) is 0.889. The summed E-state index contributed by atoms with van der Waals surface area (Å²) in [7, 11) is 0. The van der Waals surface area contributed by atoms with E-state index in [1.54, 1.807) is 0 Å². The lowest BCUT2D eigenvalue weighted by molar-refractivity contribution is -0.173. The molecule has 1 atom stereocenters. The molecule has 1 unspecified atom stereocenters. The number of hydrogen-bond acceptors (Lipinski definition) is 3. The van der Waals surface area contributed by atoms with E-state index < -0.39 is 12.8 Å². The van der Waals surface area contributed by atoms with Crippen molar-refractivity contribution in [2.45, 2.75) is 57.7 Å². The van der Waals surface area contributed by atoms with Gasteiger partial charge in [-0.3, -0.25) is 9.79 Å². The summed E-state index contributed by atoms with van der Waals surface area (Å²) in [5.41, 5.74) is 0. The van der Waals surface area contributed by atoms with Crippen LogP contribution in [0.2, 0.25) is 0 Å². The Kier molecular flexibility index (Phi) is 8.66. The summed E-state index contributed by atoms with van der Waals surface area (Å²) in [4.78, 5) is 18.8. The van der Waals surface area contributed by atoms with Crippen LogP contribution in [-0.4, -0.2) is 68.4 Å². The molecule has 156 valence electrons. The van der Waals surface area contributed by atoms with Crippen LogP contribution >= 0.6 is 0 Å². The number of rotatable bonds is 8. The monoisotopic (exact) mass is 392 g/mol. The molecule has 0 aromatic rings. The van der Waals surface area contributed by atoms with Gasteiger partial charge in [-0.1, -0.05) is 12.8 Å². The number of nitrogens with zero attached hydrogens (tertiary/aromatic N) is 2. The van der Waals surface area contributed by atoms with Crippen LogP contribution in [-0.2, 0) is 9.53 Å². The highest BCUT2D eigenvalue weighted by molar-refractivity contribution is 5.81. The van der Waals surface area contributed by atoms with Crippen LogP contribution in [0.1, 0.15) is 45.4 Å². The van der Waals surface area contributed by atoms with Gasteiger partial charge in [-0.2, -0.15) is 13.2 Å². The maximum Gasteiger partial charge on any atom is 0.411 e. The van der Waals surface area contributed by atoms with Gasteiger partial charge in [0.15, 0.2) is 5.96 Å². The molecule has 2 N–H and O–H groups in total. The van der Waals surface area contributed by atoms with Gasteiger partial charge < -0.3 is 20.3 Å². The van der Waals surface area contributed by atoms with E-state index in [1.165, 1.54) is 0 Å². The summed E-state index contributed by atoms with van der Waals surface area (Å²) in [5, 5.41) is 6.47. The average Bonchev–Trinajstić information content (AvgIpc) is 3.28. The zero-order valence-electron chi connectivity index (χ0n) is 16.0. The van der Waals surface area contributed by atoms with Crippen molar-refractivity contribution in [2.75, 3.05) is 39.4 Å². The van der Waals surface area contributed by atoms with E-state index in [1.807, 2.05) is 11.8 Å². The molecule has 1 saturated carbocycles. The van der Waals surface area contributed by atoms with Crippen molar-refractivity contribution in [3.05, 3.63) is 0 Å². The van der Waals surface area contributed by atoms with Crippen LogP contribution in [0.4, 0.5) is 13.2 Å². The number of aliphatic imine (C=N–C) groups is 1. The van der Waals surface area contributed by atoms with E-state index in [-0.39, 0.29) is 24.5 Å². The summed E-state index contributed by atoms with van der Waals surface area (Å²) >= 11 is 0. The van der Waals surface area contributed by atoms with Crippen molar-refractivity contribution in [2.24, 2.45) is 10.9 Å². The minimum Gasteiger partial charge on any atom is -0.372 e. The average molecular weight is 392 g/mol. The first-order valence-electron chi connectivity index (χ1n) is 9.87. The van der Waals surface area contributed by atoms with Gasteiger partial charge in [-0.15, -0.1) is 0 Å². The minimum atomic E-state index is -4.29. The van der Waals surface area contributed by atoms with Crippen molar-refractivity contribution in [3.8, 4) is 0 Å². The molecular formula is C18H31F3N4O2. The molecule has 0 spiro atoms. The van der Waals surface area contributed by atoms with Gasteiger partial charge in [0.25, 0.3) is 0 Å². The number of halogens is 3. The topological polar surface area (TPSA) is 66.0 Å². The molecule has 1 aliphatic carbocycles. The molecule has 2 rings (SSSR count). The Labute approximate surface area is 158 Å². The molecule has 0 aromatic heterocycles. The first-order chi connectivity index (χ1) is 12.9. The smallest absolute Gasteiger partial charge is 0.372 e.